The molecule has 8 heteroatoms. The van der Waals surface area contributed by atoms with E-state index in [1.54, 1.807) is 13.8 Å². The molecule has 1 aromatic carbocycles. The molecule has 0 aliphatic carbocycles. The first kappa shape index (κ1) is 23.4. The van der Waals surface area contributed by atoms with Crippen LogP contribution < -0.4 is 5.01 Å². The van der Waals surface area contributed by atoms with Gasteiger partial charge in [-0.3, -0.25) is 9.59 Å². The Bertz CT molecular complexity index is 725. The average Bonchev–Trinajstić information content (AvgIpc) is 2.61. The van der Waals surface area contributed by atoms with Gasteiger partial charge >= 0.3 is 5.97 Å². The van der Waals surface area contributed by atoms with Crippen LogP contribution in [0.1, 0.15) is 46.6 Å². The summed E-state index contributed by atoms with van der Waals surface area (Å²) in [7, 11) is 0. The van der Waals surface area contributed by atoms with Crippen LogP contribution in [0.4, 0.5) is 10.1 Å². The molecule has 1 amide bonds. The lowest BCUT2D eigenvalue weighted by Crippen LogP contribution is -2.26. The van der Waals surface area contributed by atoms with Crippen LogP contribution in [0.3, 0.4) is 0 Å². The summed E-state index contributed by atoms with van der Waals surface area (Å²) in [4.78, 5) is 23.8. The third-order valence-electron chi connectivity index (χ3n) is 4.17. The van der Waals surface area contributed by atoms with Crippen LogP contribution in [0, 0.1) is 11.7 Å². The van der Waals surface area contributed by atoms with Crippen molar-refractivity contribution >= 4 is 46.5 Å². The highest BCUT2D eigenvalue weighted by molar-refractivity contribution is 6.32. The van der Waals surface area contributed by atoms with Crippen molar-refractivity contribution in [1.82, 2.24) is 0 Å². The largest absolute Gasteiger partial charge is 0.465 e. The minimum absolute atomic E-state index is 0.0340. The Hall–Kier alpha value is -1.66. The lowest BCUT2D eigenvalue weighted by atomic mass is 10.0. The maximum Gasteiger partial charge on any atom is 0.324 e. The topological polar surface area (TPSA) is 59.0 Å². The SMILES string of the molecule is CCOC(=O)C(Cl)Cc1cc(N(/N=C(/C)C(C)CC)C(C)=O)c(F)cc1Cl. The molecule has 0 fully saturated rings. The summed E-state index contributed by atoms with van der Waals surface area (Å²) >= 11 is 12.2. The van der Waals surface area contributed by atoms with E-state index in [2.05, 4.69) is 5.10 Å². The van der Waals surface area contributed by atoms with Crippen molar-refractivity contribution < 1.29 is 18.7 Å². The van der Waals surface area contributed by atoms with Gasteiger partial charge in [0.15, 0.2) is 0 Å². The fourth-order valence-corrected chi connectivity index (χ4v) is 2.71. The van der Waals surface area contributed by atoms with E-state index >= 15 is 0 Å². The Morgan fingerprint density at radius 3 is 2.44 bits per heavy atom. The summed E-state index contributed by atoms with van der Waals surface area (Å²) in [5, 5.41) is 4.42. The van der Waals surface area contributed by atoms with Crippen molar-refractivity contribution in [2.45, 2.75) is 52.8 Å². The number of hydrogen-bond donors (Lipinski definition) is 0. The molecular formula is C19H25Cl2FN2O3. The van der Waals surface area contributed by atoms with Crippen LogP contribution in [0.15, 0.2) is 17.2 Å². The zero-order chi connectivity index (χ0) is 20.7. The molecule has 5 nitrogen and oxygen atoms in total. The number of nitrogens with zero attached hydrogens (tertiary/aromatic N) is 2. The van der Waals surface area contributed by atoms with Crippen molar-refractivity contribution in [2.75, 3.05) is 11.6 Å². The maximum absolute atomic E-state index is 14.5. The molecule has 0 radical (unpaired) electrons. The van der Waals surface area contributed by atoms with Crippen molar-refractivity contribution in [3.05, 3.63) is 28.5 Å². The monoisotopic (exact) mass is 418 g/mol. The number of hydrazone groups is 1. The van der Waals surface area contributed by atoms with Gasteiger partial charge in [0.25, 0.3) is 0 Å². The van der Waals surface area contributed by atoms with E-state index in [1.165, 1.54) is 13.0 Å². The number of rotatable bonds is 8. The number of anilines is 1. The lowest BCUT2D eigenvalue weighted by molar-refractivity contribution is -0.142. The van der Waals surface area contributed by atoms with E-state index in [1.807, 2.05) is 13.8 Å². The average molecular weight is 419 g/mol. The number of alkyl halides is 1. The van der Waals surface area contributed by atoms with Crippen LogP contribution in [0.5, 0.6) is 0 Å². The minimum atomic E-state index is -0.975. The number of esters is 1. The van der Waals surface area contributed by atoms with Crippen LogP contribution in [0.25, 0.3) is 0 Å². The van der Waals surface area contributed by atoms with Crippen LogP contribution in [-0.2, 0) is 20.7 Å². The quantitative estimate of drug-likeness (QED) is 0.259. The van der Waals surface area contributed by atoms with Crippen LogP contribution in [-0.4, -0.2) is 29.6 Å². The van der Waals surface area contributed by atoms with Gasteiger partial charge in [-0.1, -0.05) is 25.4 Å². The van der Waals surface area contributed by atoms with Crippen LogP contribution >= 0.6 is 23.2 Å². The van der Waals surface area contributed by atoms with Crippen molar-refractivity contribution in [3.63, 3.8) is 0 Å². The lowest BCUT2D eigenvalue weighted by Gasteiger charge is -2.20. The summed E-state index contributed by atoms with van der Waals surface area (Å²) in [6.07, 6.45) is 0.870. The van der Waals surface area contributed by atoms with Gasteiger partial charge in [-0.2, -0.15) is 10.1 Å². The Kier molecular flexibility index (Phi) is 9.19. The number of halogens is 3. The van der Waals surface area contributed by atoms with Gasteiger partial charge in [-0.25, -0.2) is 4.39 Å². The van der Waals surface area contributed by atoms with Crippen molar-refractivity contribution in [3.8, 4) is 0 Å². The normalized spacial score (nSPS) is 13.9. The van der Waals surface area contributed by atoms with Gasteiger partial charge in [-0.05, 0) is 43.9 Å². The summed E-state index contributed by atoms with van der Waals surface area (Å²) in [5.74, 6) is -1.59. The highest BCUT2D eigenvalue weighted by atomic mass is 35.5. The summed E-state index contributed by atoms with van der Waals surface area (Å²) in [5.41, 5.74) is 1.08. The van der Waals surface area contributed by atoms with E-state index in [0.717, 1.165) is 17.5 Å². The Morgan fingerprint density at radius 1 is 1.30 bits per heavy atom. The zero-order valence-corrected chi connectivity index (χ0v) is 17.7. The van der Waals surface area contributed by atoms with Crippen molar-refractivity contribution in [1.29, 1.82) is 0 Å². The summed E-state index contributed by atoms with van der Waals surface area (Å²) in [6, 6.07) is 2.48. The molecule has 2 unspecified atom stereocenters. The van der Waals surface area contributed by atoms with Crippen molar-refractivity contribution in [2.24, 2.45) is 11.0 Å². The third kappa shape index (κ3) is 6.47. The molecule has 0 heterocycles. The Morgan fingerprint density at radius 2 is 1.93 bits per heavy atom. The molecular weight excluding hydrogens is 394 g/mol. The number of benzene rings is 1. The van der Waals surface area contributed by atoms with Crippen LogP contribution in [0.2, 0.25) is 5.02 Å². The first-order valence-corrected chi connectivity index (χ1v) is 9.58. The van der Waals surface area contributed by atoms with E-state index in [4.69, 9.17) is 27.9 Å². The predicted octanol–water partition coefficient (Wildman–Crippen LogP) is 4.97. The molecule has 0 spiro atoms. The van der Waals surface area contributed by atoms with Gasteiger partial charge in [0.2, 0.25) is 5.91 Å². The molecule has 150 valence electrons. The molecule has 0 aromatic heterocycles. The molecule has 2 atom stereocenters. The first-order valence-electron chi connectivity index (χ1n) is 8.76. The molecule has 0 saturated heterocycles. The zero-order valence-electron chi connectivity index (χ0n) is 16.2. The molecule has 1 aromatic rings. The van der Waals surface area contributed by atoms with E-state index < -0.39 is 23.1 Å². The Balaban J connectivity index is 3.29. The maximum atomic E-state index is 14.5. The summed E-state index contributed by atoms with van der Waals surface area (Å²) in [6.45, 7) is 8.93. The third-order valence-corrected chi connectivity index (χ3v) is 4.85. The molecule has 1 rings (SSSR count). The van der Waals surface area contributed by atoms with Gasteiger partial charge in [0.1, 0.15) is 16.9 Å². The molecule has 0 aliphatic heterocycles. The molecule has 0 saturated carbocycles. The second kappa shape index (κ2) is 10.6. The number of carbonyl (C=O) groups is 2. The fourth-order valence-electron chi connectivity index (χ4n) is 2.25. The fraction of sp³-hybridized carbons (Fsp3) is 0.526. The summed E-state index contributed by atoms with van der Waals surface area (Å²) < 4.78 is 19.4. The molecule has 0 aliphatic rings. The van der Waals surface area contributed by atoms with E-state index in [0.29, 0.717) is 11.3 Å². The number of carbonyl (C=O) groups excluding carboxylic acids is 2. The number of amides is 1. The standard InChI is InChI=1S/C19H25Cl2FN2O3/c1-6-11(3)12(4)23-24(13(5)25)18-9-14(15(20)10-17(18)22)8-16(21)19(26)27-7-2/h9-11,16H,6-8H2,1-5H3/b23-12-. The second-order valence-electron chi connectivity index (χ2n) is 6.20. The molecule has 27 heavy (non-hydrogen) atoms. The van der Waals surface area contributed by atoms with Gasteiger partial charge < -0.3 is 4.74 Å². The van der Waals surface area contributed by atoms with Gasteiger partial charge in [0.05, 0.1) is 6.61 Å². The van der Waals surface area contributed by atoms with E-state index in [9.17, 15) is 14.0 Å². The van der Waals surface area contributed by atoms with Gasteiger partial charge in [-0.15, -0.1) is 11.6 Å². The van der Waals surface area contributed by atoms with E-state index in [-0.39, 0.29) is 29.7 Å². The smallest absolute Gasteiger partial charge is 0.324 e. The minimum Gasteiger partial charge on any atom is -0.465 e. The first-order chi connectivity index (χ1) is 12.6. The van der Waals surface area contributed by atoms with Gasteiger partial charge in [0, 0.05) is 24.1 Å². The highest BCUT2D eigenvalue weighted by Crippen LogP contribution is 2.29. The predicted molar refractivity (Wildman–Crippen MR) is 107 cm³/mol. The molecule has 0 N–H and O–H groups in total. The number of hydrogen-bond acceptors (Lipinski definition) is 4. The second-order valence-corrected chi connectivity index (χ2v) is 7.13. The Labute approximate surface area is 169 Å². The number of ether oxygens (including phenoxy) is 1. The molecule has 0 bridgehead atoms. The highest BCUT2D eigenvalue weighted by Gasteiger charge is 2.23.